The molecule has 0 bridgehead atoms. The van der Waals surface area contributed by atoms with Gasteiger partial charge in [-0.2, -0.15) is 0 Å². The molecular formula is C18H17Cl2NO4S. The van der Waals surface area contributed by atoms with Crippen LogP contribution in [0.2, 0.25) is 10.0 Å². The quantitative estimate of drug-likeness (QED) is 0.760. The molecule has 2 N–H and O–H groups in total. The molecule has 0 aromatic heterocycles. The number of ether oxygens (including phenoxy) is 1. The molecule has 0 saturated heterocycles. The fourth-order valence-electron chi connectivity index (χ4n) is 3.20. The first-order valence-corrected chi connectivity index (χ1v) is 10.2. The molecule has 2 aromatic rings. The predicted octanol–water partition coefficient (Wildman–Crippen LogP) is 3.19. The number of halogens is 2. The van der Waals surface area contributed by atoms with Gasteiger partial charge in [0, 0.05) is 16.0 Å². The predicted molar refractivity (Wildman–Crippen MR) is 100 cm³/mol. The molecule has 1 saturated carbocycles. The molecule has 138 valence electrons. The molecule has 1 aliphatic carbocycles. The average molecular weight is 414 g/mol. The molecular weight excluding hydrogens is 397 g/mol. The number of benzene rings is 2. The molecule has 0 radical (unpaired) electrons. The summed E-state index contributed by atoms with van der Waals surface area (Å²) in [5.74, 6) is -1.46. The van der Waals surface area contributed by atoms with Crippen LogP contribution in [0.4, 0.5) is 0 Å². The van der Waals surface area contributed by atoms with Crippen molar-refractivity contribution >= 4 is 39.0 Å². The fraction of sp³-hybridized carbons (Fsp3) is 0.278. The first-order chi connectivity index (χ1) is 12.2. The Morgan fingerprint density at radius 3 is 2.08 bits per heavy atom. The van der Waals surface area contributed by atoms with Crippen LogP contribution in [0, 0.1) is 0 Å². The Morgan fingerprint density at radius 1 is 1.08 bits per heavy atom. The number of hydrogen-bond acceptors (Lipinski definition) is 5. The largest absolute Gasteiger partial charge is 0.465 e. The van der Waals surface area contributed by atoms with E-state index in [-0.39, 0.29) is 11.5 Å². The third-order valence-electron chi connectivity index (χ3n) is 4.51. The second-order valence-corrected chi connectivity index (χ2v) is 9.04. The van der Waals surface area contributed by atoms with Gasteiger partial charge in [-0.25, -0.2) is 13.2 Å². The molecule has 2 aromatic carbocycles. The zero-order chi connectivity index (χ0) is 19.1. The van der Waals surface area contributed by atoms with E-state index in [2.05, 4.69) is 0 Å². The maximum Gasteiger partial charge on any atom is 0.328 e. The number of carbonyl (C=O) groups excluding carboxylic acids is 1. The van der Waals surface area contributed by atoms with Gasteiger partial charge in [0.1, 0.15) is 10.8 Å². The van der Waals surface area contributed by atoms with Gasteiger partial charge in [-0.05, 0) is 48.9 Å². The minimum absolute atomic E-state index is 0.0579. The van der Waals surface area contributed by atoms with Crippen molar-refractivity contribution in [3.63, 3.8) is 0 Å². The van der Waals surface area contributed by atoms with Crippen molar-refractivity contribution < 1.29 is 17.9 Å². The number of nitrogens with two attached hydrogens (primary N) is 1. The highest BCUT2D eigenvalue weighted by Gasteiger charge is 2.74. The summed E-state index contributed by atoms with van der Waals surface area (Å²) >= 11 is 11.7. The van der Waals surface area contributed by atoms with Crippen LogP contribution in [-0.2, 0) is 19.4 Å². The third kappa shape index (κ3) is 3.11. The minimum atomic E-state index is -3.88. The van der Waals surface area contributed by atoms with Crippen LogP contribution >= 0.6 is 23.2 Å². The van der Waals surface area contributed by atoms with E-state index in [4.69, 9.17) is 33.7 Å². The molecule has 0 unspecified atom stereocenters. The van der Waals surface area contributed by atoms with Crippen molar-refractivity contribution in [2.45, 2.75) is 28.5 Å². The van der Waals surface area contributed by atoms with Crippen molar-refractivity contribution in [2.75, 3.05) is 6.61 Å². The van der Waals surface area contributed by atoms with Crippen LogP contribution in [0.15, 0.2) is 53.4 Å². The molecule has 0 heterocycles. The number of hydrogen-bond donors (Lipinski definition) is 1. The lowest BCUT2D eigenvalue weighted by molar-refractivity contribution is -0.145. The topological polar surface area (TPSA) is 86.5 Å². The fourth-order valence-corrected chi connectivity index (χ4v) is 5.68. The van der Waals surface area contributed by atoms with E-state index in [9.17, 15) is 13.2 Å². The molecule has 0 spiro atoms. The number of rotatable bonds is 5. The van der Waals surface area contributed by atoms with Gasteiger partial charge in [0.15, 0.2) is 9.84 Å². The van der Waals surface area contributed by atoms with Gasteiger partial charge in [0.25, 0.3) is 0 Å². The highest BCUT2D eigenvalue weighted by Crippen LogP contribution is 2.56. The average Bonchev–Trinajstić information content (AvgIpc) is 3.25. The van der Waals surface area contributed by atoms with E-state index in [1.807, 2.05) is 0 Å². The van der Waals surface area contributed by atoms with Gasteiger partial charge in [0.2, 0.25) is 0 Å². The van der Waals surface area contributed by atoms with Crippen molar-refractivity contribution in [1.29, 1.82) is 0 Å². The summed E-state index contributed by atoms with van der Waals surface area (Å²) in [5.41, 5.74) is 5.24. The lowest BCUT2D eigenvalue weighted by Gasteiger charge is -2.11. The SMILES string of the molecule is CCOC(=O)[C@]1(N)[C@H](c2ccc(Cl)cc2)[C@@H]1S(=O)(=O)c1ccc(Cl)cc1. The summed E-state index contributed by atoms with van der Waals surface area (Å²) in [4.78, 5) is 12.5. The highest BCUT2D eigenvalue weighted by atomic mass is 35.5. The standard InChI is InChI=1S/C18H17Cl2NO4S/c1-2-25-17(22)18(21)15(11-3-5-12(19)6-4-11)16(18)26(23,24)14-9-7-13(20)8-10-14/h3-10,15-16H,2,21H2,1H3/t15-,16+,18+/m1/s1. The summed E-state index contributed by atoms with van der Waals surface area (Å²) in [6.45, 7) is 1.75. The molecule has 8 heteroatoms. The zero-order valence-corrected chi connectivity index (χ0v) is 16.2. The van der Waals surface area contributed by atoms with Gasteiger partial charge >= 0.3 is 5.97 Å². The Kier molecular flexibility index (Phi) is 5.05. The lowest BCUT2D eigenvalue weighted by Crippen LogP contribution is -2.41. The summed E-state index contributed by atoms with van der Waals surface area (Å²) in [6, 6.07) is 12.4. The van der Waals surface area contributed by atoms with Gasteiger partial charge in [0.05, 0.1) is 11.5 Å². The maximum absolute atomic E-state index is 13.1. The molecule has 3 rings (SSSR count). The van der Waals surface area contributed by atoms with E-state index in [1.54, 1.807) is 31.2 Å². The summed E-state index contributed by atoms with van der Waals surface area (Å²) in [6.07, 6.45) is 0. The minimum Gasteiger partial charge on any atom is -0.465 e. The number of sulfone groups is 1. The van der Waals surface area contributed by atoms with Gasteiger partial charge in [-0.15, -0.1) is 0 Å². The van der Waals surface area contributed by atoms with Crippen molar-refractivity contribution in [3.8, 4) is 0 Å². The molecule has 1 fully saturated rings. The normalized spacial score (nSPS) is 24.9. The van der Waals surface area contributed by atoms with E-state index in [0.717, 1.165) is 0 Å². The smallest absolute Gasteiger partial charge is 0.328 e. The van der Waals surface area contributed by atoms with Crippen LogP contribution in [0.1, 0.15) is 18.4 Å². The van der Waals surface area contributed by atoms with Crippen molar-refractivity contribution in [3.05, 3.63) is 64.1 Å². The Hall–Kier alpha value is -1.60. The Morgan fingerprint density at radius 2 is 1.58 bits per heavy atom. The summed E-state index contributed by atoms with van der Waals surface area (Å²) in [5, 5.41) is -0.208. The molecule has 0 aliphatic heterocycles. The van der Waals surface area contributed by atoms with Gasteiger partial charge in [-0.1, -0.05) is 35.3 Å². The van der Waals surface area contributed by atoms with Gasteiger partial charge in [-0.3, -0.25) is 0 Å². The Balaban J connectivity index is 2.06. The summed E-state index contributed by atoms with van der Waals surface area (Å²) in [7, 11) is -3.88. The second kappa shape index (κ2) is 6.85. The van der Waals surface area contributed by atoms with Crippen molar-refractivity contribution in [2.24, 2.45) is 5.73 Å². The second-order valence-electron chi connectivity index (χ2n) is 6.10. The molecule has 1 aliphatic rings. The third-order valence-corrected chi connectivity index (χ3v) is 7.28. The first kappa shape index (κ1) is 19.2. The zero-order valence-electron chi connectivity index (χ0n) is 13.9. The number of esters is 1. The molecule has 3 atom stereocenters. The molecule has 0 amide bonds. The summed E-state index contributed by atoms with van der Waals surface area (Å²) < 4.78 is 31.3. The van der Waals surface area contributed by atoms with Crippen molar-refractivity contribution in [1.82, 2.24) is 0 Å². The number of carbonyl (C=O) groups is 1. The van der Waals surface area contributed by atoms with Gasteiger partial charge < -0.3 is 10.5 Å². The Bertz CT molecular complexity index is 929. The van der Waals surface area contributed by atoms with Crippen LogP contribution in [0.25, 0.3) is 0 Å². The monoisotopic (exact) mass is 413 g/mol. The highest BCUT2D eigenvalue weighted by molar-refractivity contribution is 7.92. The first-order valence-electron chi connectivity index (χ1n) is 7.94. The van der Waals surface area contributed by atoms with E-state index >= 15 is 0 Å². The lowest BCUT2D eigenvalue weighted by atomic mass is 10.1. The Labute approximate surface area is 162 Å². The van der Waals surface area contributed by atoms with Crippen LogP contribution < -0.4 is 5.73 Å². The molecule has 5 nitrogen and oxygen atoms in total. The van der Waals surface area contributed by atoms with E-state index in [0.29, 0.717) is 15.6 Å². The van der Waals surface area contributed by atoms with E-state index in [1.165, 1.54) is 24.3 Å². The van der Waals surface area contributed by atoms with Crippen LogP contribution in [0.5, 0.6) is 0 Å². The maximum atomic E-state index is 13.1. The van der Waals surface area contributed by atoms with E-state index < -0.39 is 32.5 Å². The van der Waals surface area contributed by atoms with Crippen LogP contribution in [-0.4, -0.2) is 31.8 Å². The van der Waals surface area contributed by atoms with Crippen LogP contribution in [0.3, 0.4) is 0 Å². The molecule has 26 heavy (non-hydrogen) atoms.